The molecule has 4 atom stereocenters. The molecule has 3 N–H and O–H groups in total. The third-order valence-electron chi connectivity index (χ3n) is 4.76. The second-order valence-corrected chi connectivity index (χ2v) is 5.89. The first-order valence-electron chi connectivity index (χ1n) is 7.40. The zero-order valence-electron chi connectivity index (χ0n) is 11.1. The number of hydrogen-bond donors (Lipinski definition) is 2. The van der Waals surface area contributed by atoms with Crippen LogP contribution in [0.4, 0.5) is 0 Å². The van der Waals surface area contributed by atoms with Gasteiger partial charge in [0, 0.05) is 25.2 Å². The zero-order valence-corrected chi connectivity index (χ0v) is 11.1. The van der Waals surface area contributed by atoms with Crippen molar-refractivity contribution in [2.24, 2.45) is 11.7 Å². The van der Waals surface area contributed by atoms with Gasteiger partial charge >= 0.3 is 0 Å². The number of nitrogens with zero attached hydrogens (tertiary/aromatic N) is 1. The highest BCUT2D eigenvalue weighted by atomic mass is 16.3. The average molecular weight is 240 g/mol. The van der Waals surface area contributed by atoms with Crippen LogP contribution >= 0.6 is 0 Å². The molecule has 3 nitrogen and oxygen atoms in total. The number of likely N-dealkylation sites (tertiary alicyclic amines) is 1. The molecular weight excluding hydrogens is 212 g/mol. The molecule has 3 heteroatoms. The smallest absolute Gasteiger partial charge is 0.0695 e. The van der Waals surface area contributed by atoms with Crippen molar-refractivity contribution in [2.45, 2.75) is 70.1 Å². The maximum atomic E-state index is 10.3. The Balaban J connectivity index is 1.96. The van der Waals surface area contributed by atoms with Gasteiger partial charge in [-0.15, -0.1) is 0 Å². The van der Waals surface area contributed by atoms with Crippen molar-refractivity contribution >= 4 is 0 Å². The van der Waals surface area contributed by atoms with E-state index in [0.29, 0.717) is 18.0 Å². The van der Waals surface area contributed by atoms with Crippen LogP contribution < -0.4 is 5.73 Å². The van der Waals surface area contributed by atoms with Gasteiger partial charge in [-0.05, 0) is 25.2 Å². The van der Waals surface area contributed by atoms with E-state index in [0.717, 1.165) is 25.9 Å². The lowest BCUT2D eigenvalue weighted by molar-refractivity contribution is 0.0155. The van der Waals surface area contributed by atoms with Crippen LogP contribution in [0.1, 0.15) is 51.9 Å². The molecule has 2 rings (SSSR count). The van der Waals surface area contributed by atoms with Gasteiger partial charge in [-0.3, -0.25) is 4.90 Å². The maximum Gasteiger partial charge on any atom is 0.0695 e. The third-order valence-corrected chi connectivity index (χ3v) is 4.76. The van der Waals surface area contributed by atoms with Gasteiger partial charge in [-0.2, -0.15) is 0 Å². The first-order valence-corrected chi connectivity index (χ1v) is 7.40. The minimum Gasteiger partial charge on any atom is -0.391 e. The van der Waals surface area contributed by atoms with Crippen LogP contribution in [0, 0.1) is 5.92 Å². The Morgan fingerprint density at radius 3 is 2.71 bits per heavy atom. The van der Waals surface area contributed by atoms with Crippen molar-refractivity contribution in [3.05, 3.63) is 0 Å². The Bertz CT molecular complexity index is 234. The van der Waals surface area contributed by atoms with Crippen LogP contribution in [-0.2, 0) is 0 Å². The summed E-state index contributed by atoms with van der Waals surface area (Å²) < 4.78 is 0. The first-order chi connectivity index (χ1) is 8.22. The second kappa shape index (κ2) is 6.17. The highest BCUT2D eigenvalue weighted by molar-refractivity contribution is 4.89. The van der Waals surface area contributed by atoms with Crippen molar-refractivity contribution in [3.63, 3.8) is 0 Å². The molecule has 1 aliphatic carbocycles. The summed E-state index contributed by atoms with van der Waals surface area (Å²) >= 11 is 0. The van der Waals surface area contributed by atoms with Gasteiger partial charge in [0.1, 0.15) is 0 Å². The van der Waals surface area contributed by atoms with Crippen LogP contribution in [0.2, 0.25) is 0 Å². The molecule has 100 valence electrons. The summed E-state index contributed by atoms with van der Waals surface area (Å²) in [5, 5.41) is 10.3. The van der Waals surface area contributed by atoms with Gasteiger partial charge in [-0.1, -0.05) is 32.6 Å². The number of hydrogen-bond acceptors (Lipinski definition) is 3. The summed E-state index contributed by atoms with van der Waals surface area (Å²) in [5.41, 5.74) is 6.16. The number of rotatable bonds is 2. The highest BCUT2D eigenvalue weighted by Crippen LogP contribution is 2.27. The maximum absolute atomic E-state index is 10.3. The molecule has 1 heterocycles. The fourth-order valence-corrected chi connectivity index (χ4v) is 3.51. The minimum absolute atomic E-state index is 0.107. The Morgan fingerprint density at radius 2 is 1.94 bits per heavy atom. The van der Waals surface area contributed by atoms with Crippen molar-refractivity contribution in [2.75, 3.05) is 13.1 Å². The Morgan fingerprint density at radius 1 is 1.18 bits per heavy atom. The second-order valence-electron chi connectivity index (χ2n) is 5.89. The van der Waals surface area contributed by atoms with Crippen LogP contribution in [0.25, 0.3) is 0 Å². The predicted molar refractivity (Wildman–Crippen MR) is 70.8 cm³/mol. The monoisotopic (exact) mass is 240 g/mol. The summed E-state index contributed by atoms with van der Waals surface area (Å²) in [6.45, 7) is 4.41. The number of aliphatic hydroxyl groups excluding tert-OH is 1. The van der Waals surface area contributed by atoms with E-state index in [2.05, 4.69) is 11.8 Å². The topological polar surface area (TPSA) is 49.5 Å². The van der Waals surface area contributed by atoms with Crippen molar-refractivity contribution < 1.29 is 5.11 Å². The number of piperidine rings is 1. The summed E-state index contributed by atoms with van der Waals surface area (Å²) in [4.78, 5) is 2.52. The molecular formula is C14H28N2O. The van der Waals surface area contributed by atoms with Gasteiger partial charge in [0.25, 0.3) is 0 Å². The summed E-state index contributed by atoms with van der Waals surface area (Å²) in [7, 11) is 0. The van der Waals surface area contributed by atoms with Crippen LogP contribution in [0.3, 0.4) is 0 Å². The minimum atomic E-state index is -0.107. The standard InChI is InChI=1S/C14H28N2O/c1-2-11-10-16(9-8-12(11)15)13-6-4-3-5-7-14(13)17/h11-14,17H,2-10,15H2,1H3. The molecule has 1 saturated carbocycles. The van der Waals surface area contributed by atoms with Gasteiger partial charge in [0.05, 0.1) is 6.10 Å². The normalized spacial score (nSPS) is 41.1. The van der Waals surface area contributed by atoms with E-state index in [9.17, 15) is 5.11 Å². The lowest BCUT2D eigenvalue weighted by Gasteiger charge is -2.42. The summed E-state index contributed by atoms with van der Waals surface area (Å²) in [6, 6.07) is 0.776. The average Bonchev–Trinajstić information content (AvgIpc) is 2.55. The van der Waals surface area contributed by atoms with E-state index in [4.69, 9.17) is 5.73 Å². The van der Waals surface area contributed by atoms with Crippen molar-refractivity contribution in [1.82, 2.24) is 4.90 Å². The molecule has 0 spiro atoms. The summed E-state index contributed by atoms with van der Waals surface area (Å²) in [5.74, 6) is 0.624. The van der Waals surface area contributed by atoms with Gasteiger partial charge in [0.15, 0.2) is 0 Å². The molecule has 0 bridgehead atoms. The number of aliphatic hydroxyl groups is 1. The highest BCUT2D eigenvalue weighted by Gasteiger charge is 2.33. The molecule has 4 unspecified atom stereocenters. The SMILES string of the molecule is CCC1CN(C2CCCCCC2O)CCC1N. The van der Waals surface area contributed by atoms with E-state index in [1.165, 1.54) is 32.1 Å². The zero-order chi connectivity index (χ0) is 12.3. The fourth-order valence-electron chi connectivity index (χ4n) is 3.51. The first kappa shape index (κ1) is 13.3. The van der Waals surface area contributed by atoms with E-state index < -0.39 is 0 Å². The molecule has 0 aromatic heterocycles. The van der Waals surface area contributed by atoms with Crippen LogP contribution in [0.15, 0.2) is 0 Å². The lowest BCUT2D eigenvalue weighted by atomic mass is 9.88. The van der Waals surface area contributed by atoms with Gasteiger partial charge < -0.3 is 10.8 Å². The molecule has 0 amide bonds. The van der Waals surface area contributed by atoms with E-state index in [1.54, 1.807) is 0 Å². The quantitative estimate of drug-likeness (QED) is 0.723. The van der Waals surface area contributed by atoms with E-state index in [1.807, 2.05) is 0 Å². The van der Waals surface area contributed by atoms with Gasteiger partial charge in [0.2, 0.25) is 0 Å². The Labute approximate surface area is 105 Å². The van der Waals surface area contributed by atoms with Crippen molar-refractivity contribution in [1.29, 1.82) is 0 Å². The predicted octanol–water partition coefficient (Wildman–Crippen LogP) is 1.74. The van der Waals surface area contributed by atoms with E-state index in [-0.39, 0.29) is 6.10 Å². The molecule has 2 fully saturated rings. The largest absolute Gasteiger partial charge is 0.391 e. The molecule has 1 aliphatic heterocycles. The van der Waals surface area contributed by atoms with Crippen LogP contribution in [-0.4, -0.2) is 41.3 Å². The third kappa shape index (κ3) is 3.21. The Hall–Kier alpha value is -0.120. The molecule has 0 aromatic rings. The fraction of sp³-hybridized carbons (Fsp3) is 1.00. The van der Waals surface area contributed by atoms with Crippen molar-refractivity contribution in [3.8, 4) is 0 Å². The lowest BCUT2D eigenvalue weighted by Crippen LogP contribution is -2.53. The number of nitrogens with two attached hydrogens (primary N) is 1. The Kier molecular flexibility index (Phi) is 4.83. The molecule has 2 aliphatic rings. The molecule has 0 aromatic carbocycles. The van der Waals surface area contributed by atoms with Crippen LogP contribution in [0.5, 0.6) is 0 Å². The molecule has 1 saturated heterocycles. The molecule has 0 radical (unpaired) electrons. The van der Waals surface area contributed by atoms with Gasteiger partial charge in [-0.25, -0.2) is 0 Å². The summed E-state index contributed by atoms with van der Waals surface area (Å²) in [6.07, 6.45) is 8.09. The van der Waals surface area contributed by atoms with E-state index >= 15 is 0 Å². The molecule has 17 heavy (non-hydrogen) atoms.